The molecule has 1 radical (unpaired) electrons. The number of hydrogen-bond donors (Lipinski definition) is 0. The van der Waals surface area contributed by atoms with Crippen LogP contribution in [0.2, 0.25) is 17.3 Å². The first-order valence-corrected chi connectivity index (χ1v) is 24.5. The van der Waals surface area contributed by atoms with Gasteiger partial charge in [-0.3, -0.25) is 0 Å². The molecule has 1 aliphatic rings. The summed E-state index contributed by atoms with van der Waals surface area (Å²) < 4.78 is 80.7. The third-order valence-corrected chi connectivity index (χ3v) is 14.0. The molecule has 8 rings (SSSR count). The average Bonchev–Trinajstić information content (AvgIpc) is 3.86. The molecule has 1 aliphatic carbocycles. The van der Waals surface area contributed by atoms with Gasteiger partial charge in [0.1, 0.15) is 5.58 Å². The third kappa shape index (κ3) is 7.99. The van der Waals surface area contributed by atoms with Gasteiger partial charge in [-0.1, -0.05) is 86.0 Å². The molecule has 51 heavy (non-hydrogen) atoms. The number of aryl methyl sites for hydroxylation is 1. The summed E-state index contributed by atoms with van der Waals surface area (Å²) in [5, 5.41) is 1.83. The molecule has 3 nitrogen and oxygen atoms in total. The van der Waals surface area contributed by atoms with Crippen LogP contribution in [0.3, 0.4) is 0 Å². The largest absolute Gasteiger partial charge is 0 e. The summed E-state index contributed by atoms with van der Waals surface area (Å²) >= 11 is -1.83. The van der Waals surface area contributed by atoms with Gasteiger partial charge in [-0.25, -0.2) is 0 Å². The first-order chi connectivity index (χ1) is 27.8. The number of aromatic nitrogens is 2. The van der Waals surface area contributed by atoms with Crippen molar-refractivity contribution in [3.63, 3.8) is 0 Å². The minimum Gasteiger partial charge on any atom is 0 e. The number of pyridine rings is 2. The van der Waals surface area contributed by atoms with E-state index in [0.717, 1.165) is 46.0 Å². The van der Waals surface area contributed by atoms with Crippen LogP contribution in [-0.4, -0.2) is 23.2 Å². The van der Waals surface area contributed by atoms with Crippen molar-refractivity contribution in [2.75, 3.05) is 0 Å². The number of rotatable bonds is 6. The van der Waals surface area contributed by atoms with Crippen molar-refractivity contribution in [2.24, 2.45) is 5.92 Å². The summed E-state index contributed by atoms with van der Waals surface area (Å²) in [6.07, 6.45) is 6.25. The van der Waals surface area contributed by atoms with Gasteiger partial charge in [0.05, 0.1) is 5.58 Å². The summed E-state index contributed by atoms with van der Waals surface area (Å²) in [6, 6.07) is 38.4. The Hall–Kier alpha value is -3.83. The monoisotopic (exact) mass is 918 g/mol. The van der Waals surface area contributed by atoms with E-state index in [0.29, 0.717) is 40.8 Å². The SMILES string of the molecule is [2H]C([2H])([2H])C(c1ccnc(-c2[c-]ccc3c2oc2cc(-c4ccccc4)ccc23)c1)(C1CCCC1)C([2H])([2H])[2H].[2H]C([2H])([2H])c1c[c-]c(-c2cc[c]([Ge]([CH3])([CH3])[CH3])cn2)cc1.[Ir]. The normalized spacial score (nSPS) is 16.9. The summed E-state index contributed by atoms with van der Waals surface area (Å²) in [5.74, 6) is 6.51. The maximum Gasteiger partial charge on any atom is 0 e. The molecule has 261 valence electrons. The fraction of sp³-hybridized carbons (Fsp3) is 0.261. The van der Waals surface area contributed by atoms with E-state index in [1.54, 1.807) is 30.3 Å². The molecule has 0 amide bonds. The third-order valence-electron chi connectivity index (χ3n) is 9.70. The van der Waals surface area contributed by atoms with Crippen molar-refractivity contribution in [1.29, 1.82) is 0 Å². The molecule has 0 bridgehead atoms. The Kier molecular flexibility index (Phi) is 8.12. The Balaban J connectivity index is 0.000000243. The van der Waals surface area contributed by atoms with E-state index in [-0.39, 0.29) is 25.7 Å². The van der Waals surface area contributed by atoms with Crippen LogP contribution in [-0.2, 0) is 25.5 Å². The minimum absolute atomic E-state index is 0. The maximum absolute atomic E-state index is 8.49. The van der Waals surface area contributed by atoms with Crippen molar-refractivity contribution in [3.8, 4) is 33.6 Å². The summed E-state index contributed by atoms with van der Waals surface area (Å²) in [5.41, 5.74) is 4.67. The van der Waals surface area contributed by atoms with E-state index in [2.05, 4.69) is 51.5 Å². The van der Waals surface area contributed by atoms with E-state index in [1.807, 2.05) is 60.8 Å². The van der Waals surface area contributed by atoms with Crippen LogP contribution >= 0.6 is 0 Å². The minimum atomic E-state index is -2.73. The number of furan rings is 1. The number of benzene rings is 4. The second-order valence-electron chi connectivity index (χ2n) is 14.2. The van der Waals surface area contributed by atoms with Crippen LogP contribution < -0.4 is 4.40 Å². The topological polar surface area (TPSA) is 38.9 Å². The Morgan fingerprint density at radius 1 is 0.804 bits per heavy atom. The van der Waals surface area contributed by atoms with E-state index >= 15 is 0 Å². The van der Waals surface area contributed by atoms with E-state index in [1.165, 1.54) is 16.7 Å². The quantitative estimate of drug-likeness (QED) is 0.123. The molecule has 0 N–H and O–H groups in total. The van der Waals surface area contributed by atoms with Gasteiger partial charge in [0.2, 0.25) is 0 Å². The van der Waals surface area contributed by atoms with Gasteiger partial charge >= 0.3 is 110 Å². The van der Waals surface area contributed by atoms with Gasteiger partial charge in [0, 0.05) is 39.9 Å². The van der Waals surface area contributed by atoms with Gasteiger partial charge in [-0.15, -0.1) is 18.2 Å². The number of hydrogen-bond acceptors (Lipinski definition) is 3. The van der Waals surface area contributed by atoms with E-state index < -0.39 is 45.2 Å². The fourth-order valence-corrected chi connectivity index (χ4v) is 8.90. The van der Waals surface area contributed by atoms with E-state index in [4.69, 9.17) is 16.8 Å². The molecule has 0 saturated heterocycles. The molecular weight excluding hydrogens is 861 g/mol. The van der Waals surface area contributed by atoms with Crippen LogP contribution in [0.4, 0.5) is 0 Å². The molecular formula is C46H46GeIrN2O-2. The zero-order valence-corrected chi connectivity index (χ0v) is 33.5. The molecule has 1 saturated carbocycles. The standard InChI is InChI=1S/C31H28NO.C15H18GeN.Ir/c1-31(2,23-11-6-7-12-23)24-17-18-32-28(20-24)27-14-8-13-26-25-16-15-22(19-29(25)33-30(26)27)21-9-4-3-5-10-21;1-12-5-7-13(8-6-12)15-10-9-14(11-17-15)16(2,3)4;/h3-5,8-10,13,15-20,23H,6-7,11-12H2,1-2H3;5-7,9-11H,1-4H3;/q2*-1;/i1D3,2D3;1D3;. The summed E-state index contributed by atoms with van der Waals surface area (Å²) in [7, 11) is 0. The predicted molar refractivity (Wildman–Crippen MR) is 212 cm³/mol. The Labute approximate surface area is 332 Å². The van der Waals surface area contributed by atoms with Gasteiger partial charge < -0.3 is 9.40 Å². The van der Waals surface area contributed by atoms with Crippen LogP contribution in [0.1, 0.15) is 62.9 Å². The molecule has 1 fully saturated rings. The van der Waals surface area contributed by atoms with Crippen LogP contribution in [0.25, 0.3) is 55.6 Å². The first-order valence-electron chi connectivity index (χ1n) is 21.7. The van der Waals surface area contributed by atoms with Crippen molar-refractivity contribution in [3.05, 3.63) is 139 Å². The van der Waals surface area contributed by atoms with Gasteiger partial charge in [0.25, 0.3) is 0 Å². The summed E-state index contributed by atoms with van der Waals surface area (Å²) in [4.78, 5) is 9.02. The second kappa shape index (κ2) is 15.4. The molecule has 7 aromatic rings. The van der Waals surface area contributed by atoms with Crippen molar-refractivity contribution in [1.82, 2.24) is 9.97 Å². The first kappa shape index (κ1) is 26.9. The predicted octanol–water partition coefficient (Wildman–Crippen LogP) is 12.0. The molecule has 3 heterocycles. The smallest absolute Gasteiger partial charge is 0 e. The molecule has 0 unspecified atom stereocenters. The van der Waals surface area contributed by atoms with Crippen molar-refractivity contribution in [2.45, 2.75) is 68.9 Å². The summed E-state index contributed by atoms with van der Waals surface area (Å²) in [6.45, 7) is -7.53. The van der Waals surface area contributed by atoms with Crippen molar-refractivity contribution < 1.29 is 36.9 Å². The van der Waals surface area contributed by atoms with Gasteiger partial charge in [-0.05, 0) is 58.7 Å². The van der Waals surface area contributed by atoms with Crippen molar-refractivity contribution >= 4 is 39.6 Å². The molecule has 4 aromatic carbocycles. The zero-order valence-electron chi connectivity index (χ0n) is 38.0. The van der Waals surface area contributed by atoms with Gasteiger partial charge in [0.15, 0.2) is 0 Å². The zero-order chi connectivity index (χ0) is 42.4. The average molecular weight is 917 g/mol. The van der Waals surface area contributed by atoms with Gasteiger partial charge in [-0.2, -0.15) is 0 Å². The fourth-order valence-electron chi connectivity index (χ4n) is 6.73. The second-order valence-corrected chi connectivity index (χ2v) is 24.8. The number of fused-ring (bicyclic) bond motifs is 3. The van der Waals surface area contributed by atoms with Crippen LogP contribution in [0.5, 0.6) is 0 Å². The molecule has 0 spiro atoms. The molecule has 0 atom stereocenters. The Bertz CT molecular complexity index is 2490. The molecule has 3 aromatic heterocycles. The maximum atomic E-state index is 8.49. The van der Waals surface area contributed by atoms with Crippen LogP contribution in [0, 0.1) is 24.9 Å². The Morgan fingerprint density at radius 2 is 1.63 bits per heavy atom. The Morgan fingerprint density at radius 3 is 2.31 bits per heavy atom. The number of nitrogens with zero attached hydrogens (tertiary/aromatic N) is 2. The van der Waals surface area contributed by atoms with Crippen LogP contribution in [0.15, 0.2) is 120 Å². The molecule has 0 aliphatic heterocycles. The molecule has 5 heteroatoms. The van der Waals surface area contributed by atoms with E-state index in [9.17, 15) is 0 Å².